The SMILES string of the molecule is CCN(C(=O)c1cccc(S(=O)(=O)N(CC)CC)c1)C1CCCC1. The lowest BCUT2D eigenvalue weighted by atomic mass is 10.1. The molecule has 2 rings (SSSR count). The minimum absolute atomic E-state index is 0.0685. The van der Waals surface area contributed by atoms with Crippen molar-refractivity contribution in [1.82, 2.24) is 9.21 Å². The molecule has 0 saturated heterocycles. The molecule has 1 aromatic carbocycles. The molecular formula is C18H28N2O3S. The highest BCUT2D eigenvalue weighted by Gasteiger charge is 2.28. The summed E-state index contributed by atoms with van der Waals surface area (Å²) < 4.78 is 26.7. The minimum atomic E-state index is -3.55. The molecule has 1 saturated carbocycles. The molecule has 6 heteroatoms. The van der Waals surface area contributed by atoms with E-state index in [2.05, 4.69) is 0 Å². The van der Waals surface area contributed by atoms with Crippen molar-refractivity contribution in [2.75, 3.05) is 19.6 Å². The van der Waals surface area contributed by atoms with E-state index in [1.807, 2.05) is 25.7 Å². The molecule has 0 heterocycles. The standard InChI is InChI=1S/C18H28N2O3S/c1-4-19(5-2)24(22,23)17-13-9-10-15(14-17)18(21)20(6-3)16-11-7-8-12-16/h9-10,13-14,16H,4-8,11-12H2,1-3H3. The Balaban J connectivity index is 2.30. The molecule has 0 spiro atoms. The first-order valence-corrected chi connectivity index (χ1v) is 10.3. The number of sulfonamides is 1. The molecule has 0 radical (unpaired) electrons. The predicted octanol–water partition coefficient (Wildman–Crippen LogP) is 3.12. The molecule has 1 amide bonds. The van der Waals surface area contributed by atoms with Crippen LogP contribution in [0.25, 0.3) is 0 Å². The normalized spacial score (nSPS) is 15.8. The van der Waals surface area contributed by atoms with E-state index in [1.54, 1.807) is 18.2 Å². The van der Waals surface area contributed by atoms with Gasteiger partial charge in [-0.3, -0.25) is 4.79 Å². The first-order valence-electron chi connectivity index (χ1n) is 8.86. The van der Waals surface area contributed by atoms with Crippen LogP contribution in [0, 0.1) is 0 Å². The van der Waals surface area contributed by atoms with Crippen LogP contribution in [0.2, 0.25) is 0 Å². The van der Waals surface area contributed by atoms with Crippen molar-refractivity contribution < 1.29 is 13.2 Å². The fourth-order valence-corrected chi connectivity index (χ4v) is 4.96. The molecule has 0 bridgehead atoms. The monoisotopic (exact) mass is 352 g/mol. The molecule has 134 valence electrons. The maximum atomic E-state index is 12.9. The molecule has 0 aromatic heterocycles. The zero-order valence-electron chi connectivity index (χ0n) is 14.9. The van der Waals surface area contributed by atoms with Gasteiger partial charge >= 0.3 is 0 Å². The molecule has 24 heavy (non-hydrogen) atoms. The maximum absolute atomic E-state index is 12.9. The molecule has 1 aliphatic rings. The Morgan fingerprint density at radius 3 is 2.25 bits per heavy atom. The average molecular weight is 353 g/mol. The predicted molar refractivity (Wildman–Crippen MR) is 95.5 cm³/mol. The summed E-state index contributed by atoms with van der Waals surface area (Å²) in [4.78, 5) is 14.9. The van der Waals surface area contributed by atoms with Crippen LogP contribution in [-0.4, -0.2) is 49.2 Å². The quantitative estimate of drug-likeness (QED) is 0.757. The summed E-state index contributed by atoms with van der Waals surface area (Å²) in [5, 5.41) is 0. The van der Waals surface area contributed by atoms with Crippen molar-refractivity contribution >= 4 is 15.9 Å². The van der Waals surface area contributed by atoms with Crippen LogP contribution in [0.5, 0.6) is 0 Å². The van der Waals surface area contributed by atoms with Gasteiger partial charge in [0.05, 0.1) is 4.90 Å². The molecule has 1 aromatic rings. The van der Waals surface area contributed by atoms with Gasteiger partial charge < -0.3 is 4.90 Å². The molecule has 5 nitrogen and oxygen atoms in total. The summed E-state index contributed by atoms with van der Waals surface area (Å²) in [5.74, 6) is -0.0685. The van der Waals surface area contributed by atoms with Crippen LogP contribution in [0.1, 0.15) is 56.8 Å². The zero-order chi connectivity index (χ0) is 17.7. The highest BCUT2D eigenvalue weighted by Crippen LogP contribution is 2.25. The van der Waals surface area contributed by atoms with Gasteiger partial charge in [0.25, 0.3) is 5.91 Å². The Bertz CT molecular complexity index is 663. The van der Waals surface area contributed by atoms with Gasteiger partial charge in [0.15, 0.2) is 0 Å². The third kappa shape index (κ3) is 3.81. The Kier molecular flexibility index (Phi) is 6.40. The lowest BCUT2D eigenvalue weighted by Crippen LogP contribution is -2.38. The summed E-state index contributed by atoms with van der Waals surface area (Å²) in [7, 11) is -3.55. The van der Waals surface area contributed by atoms with Crippen molar-refractivity contribution in [3.05, 3.63) is 29.8 Å². The van der Waals surface area contributed by atoms with Gasteiger partial charge in [-0.15, -0.1) is 0 Å². The lowest BCUT2D eigenvalue weighted by molar-refractivity contribution is 0.0693. The van der Waals surface area contributed by atoms with Crippen LogP contribution in [0.3, 0.4) is 0 Å². The summed E-state index contributed by atoms with van der Waals surface area (Å²) in [5.41, 5.74) is 0.456. The number of benzene rings is 1. The highest BCUT2D eigenvalue weighted by molar-refractivity contribution is 7.89. The molecule has 0 atom stereocenters. The van der Waals surface area contributed by atoms with Gasteiger partial charge in [-0.25, -0.2) is 8.42 Å². The van der Waals surface area contributed by atoms with E-state index in [0.717, 1.165) is 25.7 Å². The summed E-state index contributed by atoms with van der Waals surface area (Å²) in [6.07, 6.45) is 4.39. The molecule has 0 aliphatic heterocycles. The van der Waals surface area contributed by atoms with E-state index in [9.17, 15) is 13.2 Å². The average Bonchev–Trinajstić information content (AvgIpc) is 3.10. The smallest absolute Gasteiger partial charge is 0.254 e. The van der Waals surface area contributed by atoms with Gasteiger partial charge in [-0.1, -0.05) is 32.8 Å². The molecular weight excluding hydrogens is 324 g/mol. The molecule has 0 N–H and O–H groups in total. The van der Waals surface area contributed by atoms with E-state index < -0.39 is 10.0 Å². The van der Waals surface area contributed by atoms with Crippen LogP contribution in [0.15, 0.2) is 29.2 Å². The lowest BCUT2D eigenvalue weighted by Gasteiger charge is -2.28. The maximum Gasteiger partial charge on any atom is 0.254 e. The Hall–Kier alpha value is -1.40. The molecule has 1 aliphatic carbocycles. The number of rotatable bonds is 7. The second-order valence-electron chi connectivity index (χ2n) is 6.15. The minimum Gasteiger partial charge on any atom is -0.336 e. The van der Waals surface area contributed by atoms with Gasteiger partial charge in [0.1, 0.15) is 0 Å². The Morgan fingerprint density at radius 1 is 1.08 bits per heavy atom. The Labute approximate surface area is 145 Å². The molecule has 0 unspecified atom stereocenters. The number of hydrogen-bond donors (Lipinski definition) is 0. The summed E-state index contributed by atoms with van der Waals surface area (Å²) in [6, 6.07) is 6.74. The van der Waals surface area contributed by atoms with E-state index in [0.29, 0.717) is 25.2 Å². The second kappa shape index (κ2) is 8.12. The first kappa shape index (κ1) is 18.9. The fraction of sp³-hybridized carbons (Fsp3) is 0.611. The van der Waals surface area contributed by atoms with Crippen molar-refractivity contribution in [2.45, 2.75) is 57.4 Å². The number of amides is 1. The second-order valence-corrected chi connectivity index (χ2v) is 8.08. The van der Waals surface area contributed by atoms with Gasteiger partial charge in [-0.05, 0) is 38.0 Å². The number of hydrogen-bond acceptors (Lipinski definition) is 3. The number of carbonyl (C=O) groups excluding carboxylic acids is 1. The van der Waals surface area contributed by atoms with Crippen molar-refractivity contribution in [3.8, 4) is 0 Å². The van der Waals surface area contributed by atoms with E-state index in [4.69, 9.17) is 0 Å². The molecule has 1 fully saturated rings. The van der Waals surface area contributed by atoms with E-state index in [1.165, 1.54) is 10.4 Å². The third-order valence-corrected chi connectivity index (χ3v) is 6.84. The van der Waals surface area contributed by atoms with Gasteiger partial charge in [0, 0.05) is 31.2 Å². The largest absolute Gasteiger partial charge is 0.336 e. The number of nitrogens with zero attached hydrogens (tertiary/aromatic N) is 2. The van der Waals surface area contributed by atoms with Gasteiger partial charge in [-0.2, -0.15) is 4.31 Å². The summed E-state index contributed by atoms with van der Waals surface area (Å²) in [6.45, 7) is 7.09. The van der Waals surface area contributed by atoms with Crippen molar-refractivity contribution in [2.24, 2.45) is 0 Å². The van der Waals surface area contributed by atoms with Crippen LogP contribution in [-0.2, 0) is 10.0 Å². The van der Waals surface area contributed by atoms with Crippen molar-refractivity contribution in [1.29, 1.82) is 0 Å². The van der Waals surface area contributed by atoms with Crippen LogP contribution >= 0.6 is 0 Å². The van der Waals surface area contributed by atoms with E-state index >= 15 is 0 Å². The van der Waals surface area contributed by atoms with Crippen LogP contribution in [0.4, 0.5) is 0 Å². The fourth-order valence-electron chi connectivity index (χ4n) is 3.45. The highest BCUT2D eigenvalue weighted by atomic mass is 32.2. The van der Waals surface area contributed by atoms with Crippen molar-refractivity contribution in [3.63, 3.8) is 0 Å². The summed E-state index contributed by atoms with van der Waals surface area (Å²) >= 11 is 0. The zero-order valence-corrected chi connectivity index (χ0v) is 15.7. The van der Waals surface area contributed by atoms with Crippen LogP contribution < -0.4 is 0 Å². The number of carbonyl (C=O) groups is 1. The first-order chi connectivity index (χ1) is 11.5. The topological polar surface area (TPSA) is 57.7 Å². The third-order valence-electron chi connectivity index (χ3n) is 4.79. The van der Waals surface area contributed by atoms with Gasteiger partial charge in [0.2, 0.25) is 10.0 Å². The Morgan fingerprint density at radius 2 is 1.71 bits per heavy atom. The van der Waals surface area contributed by atoms with E-state index in [-0.39, 0.29) is 16.8 Å².